The summed E-state index contributed by atoms with van der Waals surface area (Å²) >= 11 is 0. The number of imidazole rings is 1. The highest BCUT2D eigenvalue weighted by atomic mass is 19.1. The monoisotopic (exact) mass is 505 g/mol. The first-order valence-electron chi connectivity index (χ1n) is 12.2. The van der Waals surface area contributed by atoms with Crippen molar-refractivity contribution in [1.29, 1.82) is 0 Å². The molecule has 6 aromatic rings. The smallest absolute Gasteiger partial charge is 0.159 e. The number of aromatic nitrogens is 6. The Labute approximate surface area is 215 Å². The number of rotatable bonds is 6. The van der Waals surface area contributed by atoms with Crippen molar-refractivity contribution in [3.8, 4) is 33.9 Å². The fraction of sp³-hybridized carbons (Fsp3) is 0.103. The molecule has 38 heavy (non-hydrogen) atoms. The van der Waals surface area contributed by atoms with Gasteiger partial charge in [-0.1, -0.05) is 18.7 Å². The predicted molar refractivity (Wildman–Crippen MR) is 143 cm³/mol. The molecule has 4 aromatic heterocycles. The number of hydrogen-bond donors (Lipinski definition) is 3. The van der Waals surface area contributed by atoms with Gasteiger partial charge in [-0.3, -0.25) is 15.1 Å². The van der Waals surface area contributed by atoms with Gasteiger partial charge in [-0.2, -0.15) is 5.10 Å². The largest absolute Gasteiger partial charge is 0.358 e. The van der Waals surface area contributed by atoms with E-state index in [-0.39, 0.29) is 0 Å². The SMILES string of the molecule is C=C(Nc1cncc(-c2ccc3[nH]nc(-c4nc5c(-c6ccccc6F)nccc5[nH]4)c3c2F)c1)C1CC1. The van der Waals surface area contributed by atoms with Gasteiger partial charge in [-0.15, -0.1) is 0 Å². The predicted octanol–water partition coefficient (Wildman–Crippen LogP) is 6.84. The number of anilines is 1. The highest BCUT2D eigenvalue weighted by Gasteiger charge is 2.25. The van der Waals surface area contributed by atoms with Crippen LogP contribution in [-0.4, -0.2) is 30.1 Å². The van der Waals surface area contributed by atoms with Crippen molar-refractivity contribution >= 4 is 27.6 Å². The average molecular weight is 506 g/mol. The summed E-state index contributed by atoms with van der Waals surface area (Å²) in [4.78, 5) is 16.5. The molecule has 1 aliphatic rings. The van der Waals surface area contributed by atoms with Gasteiger partial charge in [-0.05, 0) is 55.2 Å². The Bertz CT molecular complexity index is 1870. The summed E-state index contributed by atoms with van der Waals surface area (Å²) < 4.78 is 30.6. The molecule has 1 saturated carbocycles. The third-order valence-corrected chi connectivity index (χ3v) is 6.85. The average Bonchev–Trinajstić information content (AvgIpc) is 3.54. The molecular formula is C29H21F2N7. The molecule has 7 nitrogen and oxygen atoms in total. The maximum Gasteiger partial charge on any atom is 0.159 e. The molecule has 4 heterocycles. The van der Waals surface area contributed by atoms with Gasteiger partial charge in [-0.25, -0.2) is 13.8 Å². The van der Waals surface area contributed by atoms with E-state index in [2.05, 4.69) is 42.0 Å². The summed E-state index contributed by atoms with van der Waals surface area (Å²) in [6, 6.07) is 13.5. The van der Waals surface area contributed by atoms with E-state index in [0.717, 1.165) is 24.2 Å². The Kier molecular flexibility index (Phi) is 5.04. The summed E-state index contributed by atoms with van der Waals surface area (Å²) in [5, 5.41) is 10.9. The van der Waals surface area contributed by atoms with Crippen LogP contribution in [-0.2, 0) is 0 Å². The number of halogens is 2. The number of pyridine rings is 2. The van der Waals surface area contributed by atoms with Crippen molar-refractivity contribution in [2.24, 2.45) is 5.92 Å². The molecule has 7 rings (SSSR count). The second-order valence-corrected chi connectivity index (χ2v) is 9.43. The van der Waals surface area contributed by atoms with Gasteiger partial charge in [0.05, 0.1) is 28.3 Å². The minimum Gasteiger partial charge on any atom is -0.358 e. The number of hydrogen-bond acceptors (Lipinski definition) is 5. The molecule has 3 N–H and O–H groups in total. The second-order valence-electron chi connectivity index (χ2n) is 9.43. The van der Waals surface area contributed by atoms with Crippen LogP contribution in [0.2, 0.25) is 0 Å². The Morgan fingerprint density at radius 1 is 0.974 bits per heavy atom. The van der Waals surface area contributed by atoms with Crippen molar-refractivity contribution in [2.75, 3.05) is 5.32 Å². The standard InChI is InChI=1S/C29H21F2N7/c1-15(16-6-7-16)34-18-12-17(13-32-14-18)19-8-9-22-24(25(19)31)28(38-37-22)29-35-23-10-11-33-26(27(23)36-29)20-4-2-3-5-21(20)30/h2-5,8-14,16,34H,1,6-7H2,(H,35,36)(H,37,38). The van der Waals surface area contributed by atoms with Crippen molar-refractivity contribution in [3.63, 3.8) is 0 Å². The molecule has 0 spiro atoms. The van der Waals surface area contributed by atoms with Gasteiger partial charge in [0, 0.05) is 34.8 Å². The molecular weight excluding hydrogens is 484 g/mol. The van der Waals surface area contributed by atoms with E-state index < -0.39 is 11.6 Å². The zero-order chi connectivity index (χ0) is 25.8. The summed E-state index contributed by atoms with van der Waals surface area (Å²) in [6.45, 7) is 4.10. The van der Waals surface area contributed by atoms with Gasteiger partial charge < -0.3 is 10.3 Å². The minimum absolute atomic E-state index is 0.294. The fourth-order valence-corrected chi connectivity index (χ4v) is 4.74. The fourth-order valence-electron chi connectivity index (χ4n) is 4.74. The lowest BCUT2D eigenvalue weighted by Crippen LogP contribution is -2.00. The van der Waals surface area contributed by atoms with Gasteiger partial charge in [0.25, 0.3) is 0 Å². The maximum atomic E-state index is 16.1. The molecule has 2 aromatic carbocycles. The summed E-state index contributed by atoms with van der Waals surface area (Å²) in [7, 11) is 0. The molecule has 0 atom stereocenters. The molecule has 1 aliphatic carbocycles. The van der Waals surface area contributed by atoms with Crippen molar-refractivity contribution in [1.82, 2.24) is 30.1 Å². The molecule has 1 fully saturated rings. The minimum atomic E-state index is -0.445. The summed E-state index contributed by atoms with van der Waals surface area (Å²) in [5.41, 5.74) is 5.41. The van der Waals surface area contributed by atoms with Crippen LogP contribution in [0.4, 0.5) is 14.5 Å². The first-order valence-corrected chi connectivity index (χ1v) is 12.2. The number of nitrogens with one attached hydrogen (secondary N) is 3. The van der Waals surface area contributed by atoms with E-state index in [1.54, 1.807) is 55.0 Å². The lowest BCUT2D eigenvalue weighted by Gasteiger charge is -2.10. The second kappa shape index (κ2) is 8.58. The Balaban J connectivity index is 1.33. The van der Waals surface area contributed by atoms with Crippen LogP contribution in [0.1, 0.15) is 12.8 Å². The first kappa shape index (κ1) is 22.3. The quantitative estimate of drug-likeness (QED) is 0.230. The number of allylic oxidation sites excluding steroid dienone is 1. The van der Waals surface area contributed by atoms with Gasteiger partial charge >= 0.3 is 0 Å². The molecule has 0 unspecified atom stereocenters. The van der Waals surface area contributed by atoms with E-state index in [1.807, 2.05) is 6.07 Å². The Morgan fingerprint density at radius 2 is 1.84 bits per heavy atom. The third kappa shape index (κ3) is 3.71. The summed E-state index contributed by atoms with van der Waals surface area (Å²) in [6.07, 6.45) is 7.18. The zero-order valence-electron chi connectivity index (χ0n) is 20.1. The lowest BCUT2D eigenvalue weighted by molar-refractivity contribution is 0.631. The molecule has 0 amide bonds. The Morgan fingerprint density at radius 3 is 2.68 bits per heavy atom. The van der Waals surface area contributed by atoms with Gasteiger partial charge in [0.1, 0.15) is 28.5 Å². The topological polar surface area (TPSA) is 95.2 Å². The van der Waals surface area contributed by atoms with Crippen molar-refractivity contribution < 1.29 is 8.78 Å². The molecule has 0 radical (unpaired) electrons. The highest BCUT2D eigenvalue weighted by Crippen LogP contribution is 2.38. The number of aromatic amines is 2. The van der Waals surface area contributed by atoms with Gasteiger partial charge in [0.15, 0.2) is 5.82 Å². The number of nitrogens with zero attached hydrogens (tertiary/aromatic N) is 4. The van der Waals surface area contributed by atoms with E-state index in [1.165, 1.54) is 6.07 Å². The third-order valence-electron chi connectivity index (χ3n) is 6.85. The number of fused-ring (bicyclic) bond motifs is 2. The highest BCUT2D eigenvalue weighted by molar-refractivity contribution is 5.98. The molecule has 0 saturated heterocycles. The molecule has 0 aliphatic heterocycles. The Hall–Kier alpha value is -4.92. The van der Waals surface area contributed by atoms with Crippen molar-refractivity contribution in [3.05, 3.63) is 91.0 Å². The van der Waals surface area contributed by atoms with Crippen LogP contribution < -0.4 is 5.32 Å². The molecule has 0 bridgehead atoms. The molecule has 186 valence electrons. The number of benzene rings is 2. The molecule has 9 heteroatoms. The van der Waals surface area contributed by atoms with Crippen LogP contribution in [0, 0.1) is 17.6 Å². The lowest BCUT2D eigenvalue weighted by atomic mass is 10.0. The van der Waals surface area contributed by atoms with Crippen LogP contribution in [0.5, 0.6) is 0 Å². The van der Waals surface area contributed by atoms with Gasteiger partial charge in [0.2, 0.25) is 0 Å². The van der Waals surface area contributed by atoms with E-state index in [4.69, 9.17) is 0 Å². The van der Waals surface area contributed by atoms with Crippen molar-refractivity contribution in [2.45, 2.75) is 12.8 Å². The van der Waals surface area contributed by atoms with Crippen LogP contribution in [0.15, 0.2) is 79.4 Å². The van der Waals surface area contributed by atoms with Crippen LogP contribution in [0.25, 0.3) is 55.8 Å². The van der Waals surface area contributed by atoms with E-state index in [9.17, 15) is 4.39 Å². The maximum absolute atomic E-state index is 16.1. The van der Waals surface area contributed by atoms with Crippen LogP contribution >= 0.6 is 0 Å². The van der Waals surface area contributed by atoms with E-state index >= 15 is 4.39 Å². The summed E-state index contributed by atoms with van der Waals surface area (Å²) in [5.74, 6) is -0.0107. The zero-order valence-corrected chi connectivity index (χ0v) is 20.1. The van der Waals surface area contributed by atoms with E-state index in [0.29, 0.717) is 61.8 Å². The normalized spacial score (nSPS) is 13.3. The van der Waals surface area contributed by atoms with Crippen LogP contribution in [0.3, 0.4) is 0 Å². The number of H-pyrrole nitrogens is 2. The first-order chi connectivity index (χ1) is 18.6.